The molecule has 0 aromatic heterocycles. The van der Waals surface area contributed by atoms with Gasteiger partial charge in [-0.25, -0.2) is 0 Å². The number of carbonyl (C=O) groups is 1. The number of ether oxygens (including phenoxy) is 1. The number of rotatable bonds is 5. The molecule has 0 spiro atoms. The molecule has 1 fully saturated rings. The van der Waals surface area contributed by atoms with E-state index in [-0.39, 0.29) is 30.9 Å². The number of amides is 1. The van der Waals surface area contributed by atoms with Gasteiger partial charge in [-0.2, -0.15) is 0 Å². The molecule has 0 heterocycles. The van der Waals surface area contributed by atoms with Crippen LogP contribution in [0, 0.1) is 5.92 Å². The molecule has 2 rings (SSSR count). The molecule has 116 valence electrons. The van der Waals surface area contributed by atoms with Crippen molar-refractivity contribution in [2.45, 2.75) is 38.1 Å². The number of hydrogen-bond donors (Lipinski definition) is 2. The van der Waals surface area contributed by atoms with Gasteiger partial charge in [-0.15, -0.1) is 0 Å². The summed E-state index contributed by atoms with van der Waals surface area (Å²) >= 11 is 5.97. The van der Waals surface area contributed by atoms with Crippen LogP contribution in [-0.2, 0) is 11.2 Å². The molecule has 1 amide bonds. The molecule has 5 heteroatoms. The highest BCUT2D eigenvalue weighted by Crippen LogP contribution is 2.25. The second-order valence-corrected chi connectivity index (χ2v) is 5.97. The zero-order valence-corrected chi connectivity index (χ0v) is 13.0. The van der Waals surface area contributed by atoms with Crippen LogP contribution < -0.4 is 10.1 Å². The number of carbonyl (C=O) groups excluding carboxylic acids is 1. The van der Waals surface area contributed by atoms with Gasteiger partial charge in [0, 0.05) is 29.2 Å². The van der Waals surface area contributed by atoms with Gasteiger partial charge in [0.1, 0.15) is 5.75 Å². The maximum atomic E-state index is 12.2. The number of aliphatic hydroxyl groups excluding tert-OH is 1. The minimum Gasteiger partial charge on any atom is -0.496 e. The Morgan fingerprint density at radius 1 is 1.43 bits per heavy atom. The zero-order valence-electron chi connectivity index (χ0n) is 12.3. The van der Waals surface area contributed by atoms with Crippen LogP contribution in [0.25, 0.3) is 0 Å². The van der Waals surface area contributed by atoms with Crippen LogP contribution in [0.4, 0.5) is 0 Å². The summed E-state index contributed by atoms with van der Waals surface area (Å²) in [6.45, 7) is 0.130. The molecule has 1 saturated carbocycles. The van der Waals surface area contributed by atoms with Crippen molar-refractivity contribution in [1.29, 1.82) is 0 Å². The van der Waals surface area contributed by atoms with E-state index in [1.165, 1.54) is 0 Å². The maximum absolute atomic E-state index is 12.2. The van der Waals surface area contributed by atoms with Gasteiger partial charge in [0.05, 0.1) is 13.5 Å². The smallest absolute Gasteiger partial charge is 0.224 e. The topological polar surface area (TPSA) is 58.6 Å². The molecular weight excluding hydrogens is 290 g/mol. The summed E-state index contributed by atoms with van der Waals surface area (Å²) in [5.74, 6) is 0.779. The molecule has 1 aliphatic carbocycles. The fourth-order valence-corrected chi connectivity index (χ4v) is 3.13. The molecule has 4 nitrogen and oxygen atoms in total. The average molecular weight is 312 g/mol. The van der Waals surface area contributed by atoms with Crippen LogP contribution in [0.5, 0.6) is 5.75 Å². The molecule has 2 N–H and O–H groups in total. The molecule has 21 heavy (non-hydrogen) atoms. The van der Waals surface area contributed by atoms with E-state index in [4.69, 9.17) is 16.3 Å². The summed E-state index contributed by atoms with van der Waals surface area (Å²) in [5.41, 5.74) is 0.777. The molecule has 1 aromatic rings. The van der Waals surface area contributed by atoms with Crippen molar-refractivity contribution >= 4 is 17.5 Å². The van der Waals surface area contributed by atoms with Crippen LogP contribution >= 0.6 is 11.6 Å². The van der Waals surface area contributed by atoms with Crippen molar-refractivity contribution < 1.29 is 14.6 Å². The van der Waals surface area contributed by atoms with Gasteiger partial charge in [0.25, 0.3) is 0 Å². The molecule has 0 aliphatic heterocycles. The molecule has 2 atom stereocenters. The number of hydrogen-bond acceptors (Lipinski definition) is 3. The van der Waals surface area contributed by atoms with E-state index in [0.717, 1.165) is 31.2 Å². The van der Waals surface area contributed by atoms with Crippen molar-refractivity contribution in [3.05, 3.63) is 28.8 Å². The Hall–Kier alpha value is -1.26. The number of halogens is 1. The minimum atomic E-state index is -0.0547. The molecule has 1 aromatic carbocycles. The highest BCUT2D eigenvalue weighted by molar-refractivity contribution is 6.30. The number of nitrogens with one attached hydrogen (secondary N) is 1. The predicted molar refractivity (Wildman–Crippen MR) is 82.7 cm³/mol. The van der Waals surface area contributed by atoms with Crippen molar-refractivity contribution in [2.24, 2.45) is 5.92 Å². The number of methoxy groups -OCH3 is 1. The normalized spacial score (nSPS) is 21.9. The van der Waals surface area contributed by atoms with Crippen molar-refractivity contribution in [3.8, 4) is 5.75 Å². The first-order valence-electron chi connectivity index (χ1n) is 7.36. The van der Waals surface area contributed by atoms with Gasteiger partial charge < -0.3 is 15.2 Å². The molecule has 0 saturated heterocycles. The summed E-state index contributed by atoms with van der Waals surface area (Å²) in [6.07, 6.45) is 4.37. The predicted octanol–water partition coefficient (Wildman–Crippen LogP) is 2.56. The third-order valence-corrected chi connectivity index (χ3v) is 4.32. The second-order valence-electron chi connectivity index (χ2n) is 5.53. The summed E-state index contributed by atoms with van der Waals surface area (Å²) in [5, 5.41) is 13.0. The number of benzene rings is 1. The van der Waals surface area contributed by atoms with E-state index >= 15 is 0 Å². The van der Waals surface area contributed by atoms with Gasteiger partial charge in [-0.1, -0.05) is 24.4 Å². The maximum Gasteiger partial charge on any atom is 0.224 e. The monoisotopic (exact) mass is 311 g/mol. The van der Waals surface area contributed by atoms with E-state index in [0.29, 0.717) is 10.8 Å². The van der Waals surface area contributed by atoms with E-state index in [1.807, 2.05) is 0 Å². The Bertz CT molecular complexity index is 492. The lowest BCUT2D eigenvalue weighted by atomic mass is 9.85. The summed E-state index contributed by atoms with van der Waals surface area (Å²) in [6, 6.07) is 5.33. The van der Waals surface area contributed by atoms with Crippen molar-refractivity contribution in [2.75, 3.05) is 13.7 Å². The van der Waals surface area contributed by atoms with Crippen LogP contribution in [0.2, 0.25) is 5.02 Å². The summed E-state index contributed by atoms with van der Waals surface area (Å²) in [7, 11) is 1.58. The third kappa shape index (κ3) is 4.35. The standard InChI is InChI=1S/C16H22ClNO3/c1-21-15-7-6-13(17)8-12(15)9-16(20)18-14-5-3-2-4-11(14)10-19/h6-8,11,14,19H,2-5,9-10H2,1H3,(H,18,20). The van der Waals surface area contributed by atoms with Gasteiger partial charge >= 0.3 is 0 Å². The first-order valence-corrected chi connectivity index (χ1v) is 7.74. The number of aliphatic hydroxyl groups is 1. The lowest BCUT2D eigenvalue weighted by Crippen LogP contribution is -2.44. The lowest BCUT2D eigenvalue weighted by molar-refractivity contribution is -0.121. The Morgan fingerprint density at radius 2 is 2.19 bits per heavy atom. The lowest BCUT2D eigenvalue weighted by Gasteiger charge is -2.30. The minimum absolute atomic E-state index is 0.0547. The Balaban J connectivity index is 1.99. The molecule has 0 radical (unpaired) electrons. The van der Waals surface area contributed by atoms with Crippen LogP contribution in [0.1, 0.15) is 31.2 Å². The highest BCUT2D eigenvalue weighted by atomic mass is 35.5. The fourth-order valence-electron chi connectivity index (χ4n) is 2.93. The SMILES string of the molecule is COc1ccc(Cl)cc1CC(=O)NC1CCCCC1CO. The van der Waals surface area contributed by atoms with E-state index in [1.54, 1.807) is 25.3 Å². The van der Waals surface area contributed by atoms with E-state index in [9.17, 15) is 9.90 Å². The first-order chi connectivity index (χ1) is 10.1. The molecular formula is C16H22ClNO3. The third-order valence-electron chi connectivity index (χ3n) is 4.08. The molecule has 0 bridgehead atoms. The largest absolute Gasteiger partial charge is 0.496 e. The van der Waals surface area contributed by atoms with Gasteiger partial charge in [0.2, 0.25) is 5.91 Å². The van der Waals surface area contributed by atoms with Crippen LogP contribution in [0.3, 0.4) is 0 Å². The average Bonchev–Trinajstić information content (AvgIpc) is 2.48. The first kappa shape index (κ1) is 16.1. The van der Waals surface area contributed by atoms with E-state index < -0.39 is 0 Å². The quantitative estimate of drug-likeness (QED) is 0.878. The second kappa shape index (κ2) is 7.66. The van der Waals surface area contributed by atoms with Gasteiger partial charge in [0.15, 0.2) is 0 Å². The molecule has 1 aliphatic rings. The summed E-state index contributed by atoms with van der Waals surface area (Å²) < 4.78 is 5.25. The fraction of sp³-hybridized carbons (Fsp3) is 0.562. The van der Waals surface area contributed by atoms with Crippen molar-refractivity contribution in [3.63, 3.8) is 0 Å². The zero-order chi connectivity index (χ0) is 15.2. The van der Waals surface area contributed by atoms with Gasteiger partial charge in [-0.05, 0) is 31.0 Å². The Morgan fingerprint density at radius 3 is 2.90 bits per heavy atom. The van der Waals surface area contributed by atoms with Crippen LogP contribution in [-0.4, -0.2) is 30.8 Å². The molecule has 2 unspecified atom stereocenters. The highest BCUT2D eigenvalue weighted by Gasteiger charge is 2.26. The Kier molecular flexibility index (Phi) is 5.88. The summed E-state index contributed by atoms with van der Waals surface area (Å²) in [4.78, 5) is 12.2. The van der Waals surface area contributed by atoms with Gasteiger partial charge in [-0.3, -0.25) is 4.79 Å². The van der Waals surface area contributed by atoms with E-state index in [2.05, 4.69) is 5.32 Å². The Labute approximate surface area is 130 Å². The van der Waals surface area contributed by atoms with Crippen molar-refractivity contribution in [1.82, 2.24) is 5.32 Å². The van der Waals surface area contributed by atoms with Crippen LogP contribution in [0.15, 0.2) is 18.2 Å².